The first-order valence-corrected chi connectivity index (χ1v) is 6.34. The van der Waals surface area contributed by atoms with Crippen LogP contribution >= 0.6 is 0 Å². The van der Waals surface area contributed by atoms with Gasteiger partial charge in [0.2, 0.25) is 0 Å². The van der Waals surface area contributed by atoms with Crippen LogP contribution < -0.4 is 10.2 Å². The van der Waals surface area contributed by atoms with Crippen molar-refractivity contribution in [3.63, 3.8) is 0 Å². The van der Waals surface area contributed by atoms with E-state index in [1.165, 1.54) is 30.8 Å². The Kier molecular flexibility index (Phi) is 3.83. The molecule has 0 aliphatic carbocycles. The van der Waals surface area contributed by atoms with Crippen LogP contribution in [-0.4, -0.2) is 19.6 Å². The number of anilines is 1. The maximum Gasteiger partial charge on any atom is 0.0366 e. The summed E-state index contributed by atoms with van der Waals surface area (Å²) in [5.74, 6) is 0.867. The highest BCUT2D eigenvalue weighted by Gasteiger charge is 2.22. The van der Waals surface area contributed by atoms with Crippen LogP contribution in [0.15, 0.2) is 24.3 Å². The number of nitrogens with one attached hydrogen (secondary N) is 1. The van der Waals surface area contributed by atoms with Crippen LogP contribution in [-0.2, 0) is 6.54 Å². The molecule has 1 aromatic carbocycles. The zero-order valence-electron chi connectivity index (χ0n) is 10.4. The molecule has 0 unspecified atom stereocenters. The lowest BCUT2D eigenvalue weighted by Gasteiger charge is -2.39. The Morgan fingerprint density at radius 3 is 2.50 bits per heavy atom. The third-order valence-corrected chi connectivity index (χ3v) is 3.12. The number of hydrogen-bond donors (Lipinski definition) is 1. The standard InChI is InChI=1S/C14H22N2/c1-3-8-15-9-13-4-6-14(7-5-13)16-10-12(2)11-16/h4-7,12,15H,3,8-11H2,1-2H3. The molecular weight excluding hydrogens is 196 g/mol. The maximum atomic E-state index is 3.42. The van der Waals surface area contributed by atoms with Gasteiger partial charge in [0, 0.05) is 25.3 Å². The minimum absolute atomic E-state index is 0.867. The number of nitrogens with zero attached hydrogens (tertiary/aromatic N) is 1. The molecule has 0 amide bonds. The summed E-state index contributed by atoms with van der Waals surface area (Å²) in [6, 6.07) is 8.96. The SMILES string of the molecule is CCCNCc1ccc(N2CC(C)C2)cc1. The van der Waals surface area contributed by atoms with Crippen molar-refractivity contribution in [2.45, 2.75) is 26.8 Å². The fourth-order valence-electron chi connectivity index (χ4n) is 2.14. The van der Waals surface area contributed by atoms with Crippen molar-refractivity contribution in [1.29, 1.82) is 0 Å². The molecule has 1 heterocycles. The van der Waals surface area contributed by atoms with E-state index in [0.717, 1.165) is 19.0 Å². The summed E-state index contributed by atoms with van der Waals surface area (Å²) in [5, 5.41) is 3.42. The Morgan fingerprint density at radius 2 is 1.94 bits per heavy atom. The summed E-state index contributed by atoms with van der Waals surface area (Å²) in [4.78, 5) is 2.44. The Hall–Kier alpha value is -1.02. The predicted octanol–water partition coefficient (Wildman–Crippen LogP) is 2.64. The van der Waals surface area contributed by atoms with Gasteiger partial charge in [-0.1, -0.05) is 26.0 Å². The van der Waals surface area contributed by atoms with E-state index >= 15 is 0 Å². The molecule has 0 radical (unpaired) electrons. The molecule has 88 valence electrons. The number of rotatable bonds is 5. The van der Waals surface area contributed by atoms with Crippen LogP contribution in [0.4, 0.5) is 5.69 Å². The minimum Gasteiger partial charge on any atom is -0.371 e. The van der Waals surface area contributed by atoms with Crippen molar-refractivity contribution in [3.8, 4) is 0 Å². The molecule has 1 N–H and O–H groups in total. The average molecular weight is 218 g/mol. The molecule has 1 aliphatic rings. The summed E-state index contributed by atoms with van der Waals surface area (Å²) < 4.78 is 0. The van der Waals surface area contributed by atoms with Gasteiger partial charge in [0.1, 0.15) is 0 Å². The second-order valence-corrected chi connectivity index (χ2v) is 4.85. The van der Waals surface area contributed by atoms with Gasteiger partial charge in [0.05, 0.1) is 0 Å². The lowest BCUT2D eigenvalue weighted by molar-refractivity contribution is 0.447. The average Bonchev–Trinajstić information content (AvgIpc) is 2.27. The third-order valence-electron chi connectivity index (χ3n) is 3.12. The normalized spacial score (nSPS) is 16.2. The molecule has 16 heavy (non-hydrogen) atoms. The molecule has 2 nitrogen and oxygen atoms in total. The summed E-state index contributed by atoms with van der Waals surface area (Å²) in [5.41, 5.74) is 2.75. The molecule has 1 aliphatic heterocycles. The Labute approximate surface area is 98.7 Å². The predicted molar refractivity (Wildman–Crippen MR) is 69.8 cm³/mol. The van der Waals surface area contributed by atoms with Gasteiger partial charge in [-0.2, -0.15) is 0 Å². The van der Waals surface area contributed by atoms with Crippen LogP contribution in [0.2, 0.25) is 0 Å². The Bertz CT molecular complexity index is 312. The number of benzene rings is 1. The lowest BCUT2D eigenvalue weighted by atomic mass is 10.0. The number of hydrogen-bond acceptors (Lipinski definition) is 2. The maximum absolute atomic E-state index is 3.42. The van der Waals surface area contributed by atoms with Crippen molar-refractivity contribution in [2.24, 2.45) is 5.92 Å². The van der Waals surface area contributed by atoms with Crippen LogP contribution in [0, 0.1) is 5.92 Å². The smallest absolute Gasteiger partial charge is 0.0366 e. The van der Waals surface area contributed by atoms with E-state index in [0.29, 0.717) is 0 Å². The summed E-state index contributed by atoms with van der Waals surface area (Å²) >= 11 is 0. The van der Waals surface area contributed by atoms with Gasteiger partial charge in [-0.05, 0) is 36.6 Å². The van der Waals surface area contributed by atoms with Crippen molar-refractivity contribution < 1.29 is 0 Å². The molecule has 1 saturated heterocycles. The van der Waals surface area contributed by atoms with Gasteiger partial charge >= 0.3 is 0 Å². The van der Waals surface area contributed by atoms with E-state index in [4.69, 9.17) is 0 Å². The second-order valence-electron chi connectivity index (χ2n) is 4.85. The molecule has 0 aromatic heterocycles. The Balaban J connectivity index is 1.84. The van der Waals surface area contributed by atoms with E-state index < -0.39 is 0 Å². The quantitative estimate of drug-likeness (QED) is 0.764. The third kappa shape index (κ3) is 2.76. The van der Waals surface area contributed by atoms with Crippen molar-refractivity contribution in [2.75, 3.05) is 24.5 Å². The van der Waals surface area contributed by atoms with Crippen LogP contribution in [0.1, 0.15) is 25.8 Å². The molecule has 0 saturated carbocycles. The van der Waals surface area contributed by atoms with Gasteiger partial charge in [-0.3, -0.25) is 0 Å². The van der Waals surface area contributed by atoms with Gasteiger partial charge in [-0.15, -0.1) is 0 Å². The van der Waals surface area contributed by atoms with E-state index in [2.05, 4.69) is 48.3 Å². The highest BCUT2D eigenvalue weighted by atomic mass is 15.2. The fraction of sp³-hybridized carbons (Fsp3) is 0.571. The minimum atomic E-state index is 0.867. The molecular formula is C14H22N2. The monoisotopic (exact) mass is 218 g/mol. The van der Waals surface area contributed by atoms with Crippen molar-refractivity contribution in [1.82, 2.24) is 5.32 Å². The van der Waals surface area contributed by atoms with Gasteiger partial charge in [-0.25, -0.2) is 0 Å². The van der Waals surface area contributed by atoms with Gasteiger partial charge < -0.3 is 10.2 Å². The van der Waals surface area contributed by atoms with E-state index in [1.54, 1.807) is 0 Å². The zero-order valence-corrected chi connectivity index (χ0v) is 10.4. The van der Waals surface area contributed by atoms with E-state index in [1.807, 2.05) is 0 Å². The lowest BCUT2D eigenvalue weighted by Crippen LogP contribution is -2.45. The van der Waals surface area contributed by atoms with Gasteiger partial charge in [0.25, 0.3) is 0 Å². The highest BCUT2D eigenvalue weighted by molar-refractivity contribution is 5.49. The first kappa shape index (κ1) is 11.5. The summed E-state index contributed by atoms with van der Waals surface area (Å²) in [7, 11) is 0. The molecule has 2 rings (SSSR count). The fourth-order valence-corrected chi connectivity index (χ4v) is 2.14. The van der Waals surface area contributed by atoms with Crippen LogP contribution in [0.3, 0.4) is 0 Å². The largest absolute Gasteiger partial charge is 0.371 e. The molecule has 1 fully saturated rings. The molecule has 0 spiro atoms. The van der Waals surface area contributed by atoms with E-state index in [9.17, 15) is 0 Å². The molecule has 1 aromatic rings. The molecule has 0 atom stereocenters. The topological polar surface area (TPSA) is 15.3 Å². The van der Waals surface area contributed by atoms with Crippen molar-refractivity contribution >= 4 is 5.69 Å². The van der Waals surface area contributed by atoms with Crippen molar-refractivity contribution in [3.05, 3.63) is 29.8 Å². The summed E-state index contributed by atoms with van der Waals surface area (Å²) in [6.45, 7) is 9.03. The second kappa shape index (κ2) is 5.35. The first-order chi connectivity index (χ1) is 7.79. The van der Waals surface area contributed by atoms with E-state index in [-0.39, 0.29) is 0 Å². The van der Waals surface area contributed by atoms with Gasteiger partial charge in [0.15, 0.2) is 0 Å². The molecule has 0 bridgehead atoms. The molecule has 2 heteroatoms. The zero-order chi connectivity index (χ0) is 11.4. The summed E-state index contributed by atoms with van der Waals surface area (Å²) in [6.07, 6.45) is 1.20. The Morgan fingerprint density at radius 1 is 1.25 bits per heavy atom. The highest BCUT2D eigenvalue weighted by Crippen LogP contribution is 2.24. The van der Waals surface area contributed by atoms with Crippen LogP contribution in [0.25, 0.3) is 0 Å². The first-order valence-electron chi connectivity index (χ1n) is 6.34. The van der Waals surface area contributed by atoms with Crippen LogP contribution in [0.5, 0.6) is 0 Å².